The second-order valence-electron chi connectivity index (χ2n) is 16.7. The van der Waals surface area contributed by atoms with Crippen molar-refractivity contribution in [2.75, 3.05) is 33.9 Å². The molecule has 0 amide bonds. The van der Waals surface area contributed by atoms with Gasteiger partial charge < -0.3 is 29.5 Å². The zero-order valence-corrected chi connectivity index (χ0v) is 35.5. The van der Waals surface area contributed by atoms with Crippen LogP contribution in [0.3, 0.4) is 0 Å². The highest BCUT2D eigenvalue weighted by Gasteiger charge is 2.57. The van der Waals surface area contributed by atoms with Gasteiger partial charge in [-0.3, -0.25) is 9.69 Å². The summed E-state index contributed by atoms with van der Waals surface area (Å²) in [5, 5.41) is 35.9. The van der Waals surface area contributed by atoms with E-state index in [-0.39, 0.29) is 48.4 Å². The summed E-state index contributed by atoms with van der Waals surface area (Å²) >= 11 is 6.43. The number of methoxy groups -OCH3 is 2. The molecule has 2 bridgehead atoms. The normalized spacial score (nSPS) is 22.7. The Labute approximate surface area is 353 Å². The van der Waals surface area contributed by atoms with E-state index in [0.717, 1.165) is 28.7 Å². The predicted molar refractivity (Wildman–Crippen MR) is 230 cm³/mol. The first kappa shape index (κ1) is 44.5. The summed E-state index contributed by atoms with van der Waals surface area (Å²) in [6.07, 6.45) is 4.56. The van der Waals surface area contributed by atoms with Crippen molar-refractivity contribution in [1.29, 1.82) is 0 Å². The molecule has 4 aromatic carbocycles. The predicted octanol–water partition coefficient (Wildman–Crippen LogP) is 9.04. The van der Waals surface area contributed by atoms with Gasteiger partial charge in [-0.15, -0.1) is 0 Å². The zero-order chi connectivity index (χ0) is 42.2. The third-order valence-electron chi connectivity index (χ3n) is 12.6. The lowest BCUT2D eigenvalue weighted by atomic mass is 9.64. The van der Waals surface area contributed by atoms with E-state index in [1.54, 1.807) is 20.3 Å². The number of carbonyl (C=O) groups is 1. The number of nitrogens with zero attached hydrogens (tertiary/aromatic N) is 1. The Kier molecular flexibility index (Phi) is 15.1. The number of ether oxygens (including phenoxy) is 3. The quantitative estimate of drug-likeness (QED) is 0.0806. The summed E-state index contributed by atoms with van der Waals surface area (Å²) < 4.78 is 32.3. The number of hydrogen-bond acceptors (Lipinski definition) is 8. The molecule has 0 spiro atoms. The molecule has 316 valence electrons. The molecule has 1 fully saturated rings. The SMILES string of the molecule is COc1ccc(CN(CC(O)COCc2ccccc2)CC2(O)CCC3c4ccc(cc4C(=O)Cc4c(F)cccc4Cl)CC(O)CCC(C)=CCCC32C)c(OC)c1. The lowest BCUT2D eigenvalue weighted by Crippen LogP contribution is -2.53. The van der Waals surface area contributed by atoms with Crippen LogP contribution in [0.15, 0.2) is 96.6 Å². The fraction of sp³-hybridized carbons (Fsp3) is 0.449. The highest BCUT2D eigenvalue weighted by Crippen LogP contribution is 2.59. The van der Waals surface area contributed by atoms with Crippen molar-refractivity contribution in [1.82, 2.24) is 4.90 Å². The van der Waals surface area contributed by atoms with Crippen LogP contribution in [0.2, 0.25) is 5.02 Å². The summed E-state index contributed by atoms with van der Waals surface area (Å²) in [7, 11) is 3.22. The van der Waals surface area contributed by atoms with Crippen LogP contribution in [0.1, 0.15) is 96.5 Å². The van der Waals surface area contributed by atoms with Crippen molar-refractivity contribution in [2.45, 2.75) is 102 Å². The highest BCUT2D eigenvalue weighted by molar-refractivity contribution is 6.31. The summed E-state index contributed by atoms with van der Waals surface area (Å²) in [5.74, 6) is 0.242. The van der Waals surface area contributed by atoms with Crippen LogP contribution < -0.4 is 9.47 Å². The number of hydrogen-bond donors (Lipinski definition) is 3. The summed E-state index contributed by atoms with van der Waals surface area (Å²) in [6.45, 7) is 5.50. The van der Waals surface area contributed by atoms with Gasteiger partial charge in [0.1, 0.15) is 17.3 Å². The summed E-state index contributed by atoms with van der Waals surface area (Å²) in [5.41, 5.74) is 3.29. The Bertz CT molecular complexity index is 2060. The molecule has 5 atom stereocenters. The molecule has 3 aliphatic rings. The molecular weight excluding hydrogens is 769 g/mol. The van der Waals surface area contributed by atoms with E-state index in [1.807, 2.05) is 66.7 Å². The van der Waals surface area contributed by atoms with E-state index in [1.165, 1.54) is 17.7 Å². The van der Waals surface area contributed by atoms with Crippen molar-refractivity contribution >= 4 is 17.4 Å². The van der Waals surface area contributed by atoms with Crippen LogP contribution >= 0.6 is 11.6 Å². The minimum absolute atomic E-state index is 0.103. The van der Waals surface area contributed by atoms with Crippen LogP contribution in [0, 0.1) is 11.2 Å². The van der Waals surface area contributed by atoms with Crippen LogP contribution in [0.5, 0.6) is 11.5 Å². The van der Waals surface area contributed by atoms with Crippen molar-refractivity contribution in [3.8, 4) is 11.5 Å². The average Bonchev–Trinajstić information content (AvgIpc) is 3.47. The van der Waals surface area contributed by atoms with E-state index in [2.05, 4.69) is 24.8 Å². The Morgan fingerprint density at radius 1 is 1.00 bits per heavy atom. The molecule has 5 unspecified atom stereocenters. The third-order valence-corrected chi connectivity index (χ3v) is 13.0. The van der Waals surface area contributed by atoms with E-state index >= 15 is 4.39 Å². The van der Waals surface area contributed by atoms with Crippen LogP contribution in [0.25, 0.3) is 0 Å². The van der Waals surface area contributed by atoms with Crippen molar-refractivity contribution in [3.63, 3.8) is 0 Å². The lowest BCUT2D eigenvalue weighted by Gasteiger charge is -2.46. The number of Topliss-reactive ketones (excluding diaryl/α,β-unsaturated/α-hetero) is 1. The minimum atomic E-state index is -1.26. The molecule has 1 saturated carbocycles. The number of carbonyl (C=O) groups excluding carboxylic acids is 1. The maximum Gasteiger partial charge on any atom is 0.167 e. The Morgan fingerprint density at radius 2 is 1.80 bits per heavy atom. The van der Waals surface area contributed by atoms with Gasteiger partial charge in [-0.05, 0) is 98.7 Å². The standard InChI is InChI=1S/C49H59ClFNO7/c1-33-10-9-22-48(2)43(40-20-16-35(24-37(53)18-15-33)25-41(40)46(55)27-42-44(50)13-8-14-45(42)51)21-23-49(48,56)32-52(28-36-17-19-39(57-3)26-47(36)58-4)29-38(54)31-59-30-34-11-6-5-7-12-34/h5-8,10-14,16-17,19-20,25-26,37-38,43,53-54,56H,9,15,18,21-24,27-32H2,1-4H3. The van der Waals surface area contributed by atoms with Crippen molar-refractivity contribution in [2.24, 2.45) is 5.41 Å². The number of ketones is 1. The fourth-order valence-electron chi connectivity index (χ4n) is 9.21. The van der Waals surface area contributed by atoms with Gasteiger partial charge in [0.25, 0.3) is 0 Å². The van der Waals surface area contributed by atoms with Crippen LogP contribution in [-0.2, 0) is 30.7 Å². The molecule has 10 heteroatoms. The van der Waals surface area contributed by atoms with Crippen LogP contribution in [-0.4, -0.2) is 77.7 Å². The summed E-state index contributed by atoms with van der Waals surface area (Å²) in [4.78, 5) is 16.5. The fourth-order valence-corrected chi connectivity index (χ4v) is 9.44. The number of allylic oxidation sites excluding steroid dienone is 2. The second-order valence-corrected chi connectivity index (χ2v) is 17.2. The maximum atomic E-state index is 15.1. The molecule has 0 heterocycles. The number of aliphatic hydroxyl groups is 3. The van der Waals surface area contributed by atoms with E-state index in [4.69, 9.17) is 25.8 Å². The number of aliphatic hydroxyl groups excluding tert-OH is 2. The maximum absolute atomic E-state index is 15.1. The summed E-state index contributed by atoms with van der Waals surface area (Å²) in [6, 6.07) is 25.7. The first-order chi connectivity index (χ1) is 28.3. The Morgan fingerprint density at radius 3 is 2.54 bits per heavy atom. The molecule has 3 N–H and O–H groups in total. The molecule has 0 aromatic heterocycles. The molecule has 59 heavy (non-hydrogen) atoms. The Balaban J connectivity index is 1.36. The van der Waals surface area contributed by atoms with Gasteiger partial charge >= 0.3 is 0 Å². The van der Waals surface area contributed by atoms with Crippen LogP contribution in [0.4, 0.5) is 4.39 Å². The molecule has 0 saturated heterocycles. The largest absolute Gasteiger partial charge is 0.497 e. The van der Waals surface area contributed by atoms with Crippen molar-refractivity contribution < 1.29 is 38.7 Å². The van der Waals surface area contributed by atoms with Gasteiger partial charge in [0.15, 0.2) is 5.78 Å². The molecule has 7 rings (SSSR count). The molecule has 8 nitrogen and oxygen atoms in total. The van der Waals surface area contributed by atoms with Gasteiger partial charge in [0.2, 0.25) is 0 Å². The molecule has 4 aromatic rings. The van der Waals surface area contributed by atoms with Gasteiger partial charge in [-0.1, -0.05) is 84.8 Å². The second kappa shape index (κ2) is 20.0. The van der Waals surface area contributed by atoms with E-state index in [9.17, 15) is 20.1 Å². The van der Waals surface area contributed by atoms with Crippen molar-refractivity contribution in [3.05, 3.63) is 141 Å². The number of fused-ring (bicyclic) bond motifs is 8. The zero-order valence-electron chi connectivity index (χ0n) is 34.8. The molecule has 0 radical (unpaired) electrons. The average molecular weight is 828 g/mol. The number of benzene rings is 4. The monoisotopic (exact) mass is 827 g/mol. The first-order valence-corrected chi connectivity index (χ1v) is 21.1. The van der Waals surface area contributed by atoms with E-state index < -0.39 is 29.0 Å². The molecule has 3 aliphatic carbocycles. The van der Waals surface area contributed by atoms with E-state index in [0.29, 0.717) is 68.7 Å². The van der Waals surface area contributed by atoms with Gasteiger partial charge in [0, 0.05) is 59.2 Å². The van der Waals surface area contributed by atoms with Gasteiger partial charge in [-0.2, -0.15) is 0 Å². The first-order valence-electron chi connectivity index (χ1n) is 20.7. The smallest absolute Gasteiger partial charge is 0.167 e. The lowest BCUT2D eigenvalue weighted by molar-refractivity contribution is -0.0924. The van der Waals surface area contributed by atoms with Gasteiger partial charge in [-0.25, -0.2) is 4.39 Å². The number of rotatable bonds is 15. The minimum Gasteiger partial charge on any atom is -0.497 e. The Hall–Kier alpha value is -4.09. The highest BCUT2D eigenvalue weighted by atomic mass is 35.5. The number of halogens is 2. The topological polar surface area (TPSA) is 109 Å². The van der Waals surface area contributed by atoms with Gasteiger partial charge in [0.05, 0.1) is 45.2 Å². The molecule has 0 aliphatic heterocycles. The third kappa shape index (κ3) is 10.8. The molecular formula is C49H59ClFNO7.